The van der Waals surface area contributed by atoms with Gasteiger partial charge in [-0.05, 0) is 105 Å². The van der Waals surface area contributed by atoms with E-state index in [0.717, 1.165) is 51.4 Å². The Balaban J connectivity index is 0.000000264. The number of nitro groups is 2. The van der Waals surface area contributed by atoms with Gasteiger partial charge in [0.25, 0.3) is 0 Å². The van der Waals surface area contributed by atoms with Crippen molar-refractivity contribution in [1.82, 2.24) is 10.4 Å². The lowest BCUT2D eigenvalue weighted by Gasteiger charge is -2.34. The maximum Gasteiger partial charge on any atom is 0.416 e. The van der Waals surface area contributed by atoms with E-state index in [1.165, 1.54) is 0 Å². The fourth-order valence-electron chi connectivity index (χ4n) is 9.06. The van der Waals surface area contributed by atoms with Gasteiger partial charge in [0, 0.05) is 59.1 Å². The molecule has 0 aliphatic heterocycles. The molecule has 2 N–H and O–H groups in total. The van der Waals surface area contributed by atoms with E-state index in [1.807, 2.05) is 186 Å². The van der Waals surface area contributed by atoms with Crippen molar-refractivity contribution in [3.8, 4) is 0 Å². The van der Waals surface area contributed by atoms with Crippen LogP contribution in [0.5, 0.6) is 0 Å². The van der Waals surface area contributed by atoms with Crippen molar-refractivity contribution >= 4 is 81.7 Å². The normalized spacial score (nSPS) is 12.2. The van der Waals surface area contributed by atoms with Gasteiger partial charge in [-0.15, -0.1) is 0 Å². The van der Waals surface area contributed by atoms with Crippen LogP contribution in [0.4, 0.5) is 26.3 Å². The molecule has 88 heavy (non-hydrogen) atoms. The van der Waals surface area contributed by atoms with Crippen LogP contribution < -0.4 is 47.5 Å². The SMILES string of the molecule is CC(C)(C)[C@@H](CN=P(c1ccccc1)(c1ccccc1)c1ccccc1)NC(=S)Cc1cc(C(F)(F)F)cc(C(F)(F)F)c1.CC(C)(C[N+](=O)[O-])NP(=O)(c1ccccc1)c1ccccc1.CC(C)=NP(=O)(c1ccccc1)c1ccccc1.C[N+](=O)[O-]. The van der Waals surface area contributed by atoms with Gasteiger partial charge >= 0.3 is 12.4 Å². The topological polar surface area (TPSA) is 169 Å². The third-order valence-corrected chi connectivity index (χ3v) is 22.7. The molecule has 0 amide bonds. The van der Waals surface area contributed by atoms with Crippen molar-refractivity contribution in [3.05, 3.63) is 267 Å². The van der Waals surface area contributed by atoms with Crippen molar-refractivity contribution < 1.29 is 45.3 Å². The lowest BCUT2D eigenvalue weighted by Crippen LogP contribution is -2.47. The van der Waals surface area contributed by atoms with Crippen molar-refractivity contribution in [2.75, 3.05) is 20.1 Å². The Morgan fingerprint density at radius 1 is 0.534 bits per heavy atom. The summed E-state index contributed by atoms with van der Waals surface area (Å²) < 4.78 is 117. The lowest BCUT2D eigenvalue weighted by atomic mass is 9.86. The Morgan fingerprint density at radius 2 is 0.841 bits per heavy atom. The number of halogens is 6. The van der Waals surface area contributed by atoms with Crippen LogP contribution in [0.1, 0.15) is 65.2 Å². The molecule has 1 atom stereocenters. The summed E-state index contributed by atoms with van der Waals surface area (Å²) in [7, 11) is -7.70. The first kappa shape index (κ1) is 71.1. The molecular formula is C66H71F6N6O6P3S. The van der Waals surface area contributed by atoms with Crippen LogP contribution in [0.2, 0.25) is 0 Å². The number of nitrogens with one attached hydrogen (secondary N) is 2. The van der Waals surface area contributed by atoms with E-state index in [-0.39, 0.29) is 42.2 Å². The van der Waals surface area contributed by atoms with Crippen LogP contribution in [0.3, 0.4) is 0 Å². The minimum atomic E-state index is -4.93. The molecule has 22 heteroatoms. The largest absolute Gasteiger partial charge is 0.416 e. The number of alkyl halides is 6. The molecule has 464 valence electrons. The van der Waals surface area contributed by atoms with Crippen molar-refractivity contribution in [1.29, 1.82) is 0 Å². The third kappa shape index (κ3) is 20.7. The van der Waals surface area contributed by atoms with Crippen LogP contribution >= 0.6 is 33.9 Å². The highest BCUT2D eigenvalue weighted by molar-refractivity contribution is 7.87. The molecule has 0 aliphatic rings. The fourth-order valence-corrected chi connectivity index (χ4v) is 17.9. The summed E-state index contributed by atoms with van der Waals surface area (Å²) in [6.45, 7) is 13.1. The molecule has 0 bridgehead atoms. The molecule has 0 heterocycles. The molecule has 8 aromatic rings. The second kappa shape index (κ2) is 31.5. The predicted molar refractivity (Wildman–Crippen MR) is 352 cm³/mol. The summed E-state index contributed by atoms with van der Waals surface area (Å²) in [6.07, 6.45) is -10.2. The number of nitrogens with zero attached hydrogens (tertiary/aromatic N) is 4. The third-order valence-electron chi connectivity index (χ3n) is 13.0. The first-order chi connectivity index (χ1) is 41.3. The van der Waals surface area contributed by atoms with Gasteiger partial charge in [-0.2, -0.15) is 26.3 Å². The Hall–Kier alpha value is -7.65. The molecule has 0 aliphatic carbocycles. The summed E-state index contributed by atoms with van der Waals surface area (Å²) in [5, 5.41) is 31.9. The average Bonchev–Trinajstić information content (AvgIpc) is 2.14. The van der Waals surface area contributed by atoms with Crippen LogP contribution in [0, 0.1) is 25.6 Å². The zero-order valence-electron chi connectivity index (χ0n) is 49.9. The van der Waals surface area contributed by atoms with Gasteiger partial charge < -0.3 is 5.32 Å². The van der Waals surface area contributed by atoms with Crippen LogP contribution in [0.25, 0.3) is 0 Å². The molecule has 12 nitrogen and oxygen atoms in total. The summed E-state index contributed by atoms with van der Waals surface area (Å²) in [4.78, 5) is 18.9. The minimum absolute atomic E-state index is 0.122. The number of thiocarbonyl (C=S) groups is 1. The number of hydrogen-bond acceptors (Lipinski definition) is 8. The molecule has 0 fully saturated rings. The highest BCUT2D eigenvalue weighted by Crippen LogP contribution is 2.48. The summed E-state index contributed by atoms with van der Waals surface area (Å²) in [6, 6.07) is 68.2. The zero-order valence-corrected chi connectivity index (χ0v) is 53.4. The van der Waals surface area contributed by atoms with Gasteiger partial charge in [0.05, 0.1) is 41.3 Å². The van der Waals surface area contributed by atoms with Gasteiger partial charge in [-0.1, -0.05) is 197 Å². The maximum atomic E-state index is 13.7. The van der Waals surface area contributed by atoms with Gasteiger partial charge in [0.1, 0.15) is 0 Å². The zero-order chi connectivity index (χ0) is 65.0. The van der Waals surface area contributed by atoms with E-state index in [2.05, 4.69) is 51.6 Å². The van der Waals surface area contributed by atoms with Gasteiger partial charge in [0.2, 0.25) is 21.1 Å². The van der Waals surface area contributed by atoms with Gasteiger partial charge in [-0.25, -0.2) is 9.85 Å². The van der Waals surface area contributed by atoms with Crippen molar-refractivity contribution in [2.24, 2.45) is 14.9 Å². The van der Waals surface area contributed by atoms with Crippen LogP contribution in [-0.4, -0.2) is 52.3 Å². The molecule has 0 radical (unpaired) electrons. The highest BCUT2D eigenvalue weighted by Gasteiger charge is 2.39. The maximum absolute atomic E-state index is 13.7. The standard InChI is InChI=1S/C34H33F6N2PS.C16H19N2O3P.C15H16NOP.CH3NO2/c1-32(2,3)30(42-31(44)21-24-19-25(33(35,36)37)22-26(20-24)34(38,39)40)23-41-43(27-13-7-4-8-14-27,28-15-9-5-10-16-28)29-17-11-6-12-18-29;1-16(2,13-18(19)20)17-22(21,14-9-5-3-6-10-14)15-11-7-4-8-12-15;1-13(2)16-18(17,14-9-5-3-6-10-14)15-11-7-4-8-12-15;1-2(3)4/h4-20,22,30H,21,23H2,1-3H3,(H,42,44);3-12H,13H2,1-2H3,(H,17,21);3-12H,1-2H3;1H3/t30-;;;/m1.../s1. The number of hydrogen-bond donors (Lipinski definition) is 2. The first-order valence-electron chi connectivity index (χ1n) is 27.6. The highest BCUT2D eigenvalue weighted by atomic mass is 32.1. The molecule has 8 rings (SSSR count). The Morgan fingerprint density at radius 3 is 1.12 bits per heavy atom. The van der Waals surface area contributed by atoms with E-state index in [9.17, 15) is 45.6 Å². The van der Waals surface area contributed by atoms with Crippen LogP contribution in [0.15, 0.2) is 240 Å². The molecule has 0 unspecified atom stereocenters. The first-order valence-corrected chi connectivity index (χ1v) is 33.1. The summed E-state index contributed by atoms with van der Waals surface area (Å²) >= 11 is 5.54. The lowest BCUT2D eigenvalue weighted by molar-refractivity contribution is -0.488. The summed E-state index contributed by atoms with van der Waals surface area (Å²) in [5.74, 6) is 0. The second-order valence-electron chi connectivity index (χ2n) is 22.0. The Kier molecular flexibility index (Phi) is 25.5. The molecular weight excluding hydrogens is 1210 g/mol. The van der Waals surface area contributed by atoms with E-state index in [1.54, 1.807) is 38.1 Å². The van der Waals surface area contributed by atoms with Crippen molar-refractivity contribution in [3.63, 3.8) is 0 Å². The monoisotopic (exact) mass is 1280 g/mol. The molecule has 0 saturated carbocycles. The van der Waals surface area contributed by atoms with Gasteiger partial charge in [0.15, 0.2) is 7.05 Å². The van der Waals surface area contributed by atoms with E-state index >= 15 is 0 Å². The minimum Gasteiger partial charge on any atom is -0.374 e. The fraction of sp³-hybridized carbons (Fsp3) is 0.242. The van der Waals surface area contributed by atoms with Crippen molar-refractivity contribution in [2.45, 2.75) is 78.8 Å². The molecule has 0 aromatic heterocycles. The smallest absolute Gasteiger partial charge is 0.374 e. The number of rotatable bonds is 17. The van der Waals surface area contributed by atoms with E-state index in [0.29, 0.717) is 10.6 Å². The summed E-state index contributed by atoms with van der Waals surface area (Å²) in [5.41, 5.74) is -3.39. The van der Waals surface area contributed by atoms with Crippen LogP contribution in [-0.2, 0) is 27.9 Å². The quantitative estimate of drug-likeness (QED) is 0.0225. The number of benzene rings is 8. The average molecular weight is 1280 g/mol. The predicted octanol–water partition coefficient (Wildman–Crippen LogP) is 14.6. The van der Waals surface area contributed by atoms with Gasteiger partial charge in [-0.3, -0.25) is 34.1 Å². The Labute approximate surface area is 516 Å². The molecule has 8 aromatic carbocycles. The molecule has 0 spiro atoms. The molecule has 0 saturated heterocycles. The second-order valence-corrected chi connectivity index (χ2v) is 30.5. The van der Waals surface area contributed by atoms with E-state index in [4.69, 9.17) is 27.1 Å². The Bertz CT molecular complexity index is 3510. The van der Waals surface area contributed by atoms with E-state index < -0.39 is 65.9 Å².